The zero-order valence-electron chi connectivity index (χ0n) is 12.1. The molecule has 4 nitrogen and oxygen atoms in total. The Balaban J connectivity index is 2.07. The van der Waals surface area contributed by atoms with Crippen molar-refractivity contribution >= 4 is 21.4 Å². The fraction of sp³-hybridized carbons (Fsp3) is 0.333. The first kappa shape index (κ1) is 16.2. The van der Waals surface area contributed by atoms with Crippen molar-refractivity contribution in [1.82, 2.24) is 4.72 Å². The van der Waals surface area contributed by atoms with Gasteiger partial charge in [0.2, 0.25) is 10.0 Å². The molecule has 1 aromatic carbocycles. The van der Waals surface area contributed by atoms with E-state index in [2.05, 4.69) is 4.72 Å². The predicted molar refractivity (Wildman–Crippen MR) is 86.9 cm³/mol. The number of rotatable bonds is 6. The number of thiophene rings is 1. The molecule has 0 fully saturated rings. The lowest BCUT2D eigenvalue weighted by Gasteiger charge is -2.14. The SMILES string of the molecule is CC(Cc1cccs1)NS(=O)(=O)c1ccc(C(C)N)cc1. The molecule has 2 atom stereocenters. The van der Waals surface area contributed by atoms with Crippen molar-refractivity contribution < 1.29 is 8.42 Å². The van der Waals surface area contributed by atoms with Crippen molar-refractivity contribution in [2.75, 3.05) is 0 Å². The third kappa shape index (κ3) is 4.38. The van der Waals surface area contributed by atoms with Gasteiger partial charge in [0.05, 0.1) is 4.90 Å². The third-order valence-corrected chi connectivity index (χ3v) is 5.66. The summed E-state index contributed by atoms with van der Waals surface area (Å²) >= 11 is 1.63. The molecular formula is C15H20N2O2S2. The highest BCUT2D eigenvalue weighted by molar-refractivity contribution is 7.89. The lowest BCUT2D eigenvalue weighted by Crippen LogP contribution is -2.33. The van der Waals surface area contributed by atoms with Gasteiger partial charge < -0.3 is 5.73 Å². The molecule has 0 radical (unpaired) electrons. The van der Waals surface area contributed by atoms with Crippen LogP contribution in [0.25, 0.3) is 0 Å². The van der Waals surface area contributed by atoms with E-state index in [1.807, 2.05) is 31.4 Å². The van der Waals surface area contributed by atoms with Gasteiger partial charge in [-0.05, 0) is 49.4 Å². The molecule has 1 aromatic heterocycles. The highest BCUT2D eigenvalue weighted by Crippen LogP contribution is 2.16. The summed E-state index contributed by atoms with van der Waals surface area (Å²) in [5.74, 6) is 0. The van der Waals surface area contributed by atoms with Gasteiger partial charge in [0.25, 0.3) is 0 Å². The van der Waals surface area contributed by atoms with Gasteiger partial charge in [-0.2, -0.15) is 0 Å². The van der Waals surface area contributed by atoms with Gasteiger partial charge in [0, 0.05) is 17.0 Å². The normalized spacial score (nSPS) is 14.8. The van der Waals surface area contributed by atoms with Crippen molar-refractivity contribution in [3.8, 4) is 0 Å². The molecule has 0 amide bonds. The minimum atomic E-state index is -3.49. The topological polar surface area (TPSA) is 72.2 Å². The van der Waals surface area contributed by atoms with Crippen LogP contribution in [0.3, 0.4) is 0 Å². The Morgan fingerprint density at radius 2 is 1.86 bits per heavy atom. The summed E-state index contributed by atoms with van der Waals surface area (Å²) in [7, 11) is -3.49. The summed E-state index contributed by atoms with van der Waals surface area (Å²) in [4.78, 5) is 1.43. The van der Waals surface area contributed by atoms with Gasteiger partial charge in [-0.3, -0.25) is 0 Å². The maximum absolute atomic E-state index is 12.3. The third-order valence-electron chi connectivity index (χ3n) is 3.16. The Kier molecular flexibility index (Phi) is 5.16. The lowest BCUT2D eigenvalue weighted by molar-refractivity contribution is 0.560. The Hall–Kier alpha value is -1.21. The van der Waals surface area contributed by atoms with E-state index in [4.69, 9.17) is 5.73 Å². The monoisotopic (exact) mass is 324 g/mol. The van der Waals surface area contributed by atoms with Gasteiger partial charge in [0.15, 0.2) is 0 Å². The first-order valence-electron chi connectivity index (χ1n) is 6.79. The van der Waals surface area contributed by atoms with Gasteiger partial charge >= 0.3 is 0 Å². The molecule has 2 unspecified atom stereocenters. The average Bonchev–Trinajstić information content (AvgIpc) is 2.90. The molecule has 21 heavy (non-hydrogen) atoms. The van der Waals surface area contributed by atoms with Gasteiger partial charge in [-0.25, -0.2) is 13.1 Å². The Labute approximate surface area is 130 Å². The molecule has 0 aliphatic rings. The molecule has 0 bridgehead atoms. The summed E-state index contributed by atoms with van der Waals surface area (Å²) in [6.45, 7) is 3.73. The van der Waals surface area contributed by atoms with Crippen LogP contribution in [0.5, 0.6) is 0 Å². The zero-order chi connectivity index (χ0) is 15.5. The van der Waals surface area contributed by atoms with Crippen LogP contribution in [0.2, 0.25) is 0 Å². The average molecular weight is 324 g/mol. The fourth-order valence-electron chi connectivity index (χ4n) is 2.06. The largest absolute Gasteiger partial charge is 0.324 e. The first-order valence-corrected chi connectivity index (χ1v) is 9.15. The molecule has 0 saturated heterocycles. The highest BCUT2D eigenvalue weighted by Gasteiger charge is 2.18. The fourth-order valence-corrected chi connectivity index (χ4v) is 4.13. The Morgan fingerprint density at radius 3 is 2.38 bits per heavy atom. The van der Waals surface area contributed by atoms with Gasteiger partial charge in [-0.1, -0.05) is 18.2 Å². The lowest BCUT2D eigenvalue weighted by atomic mass is 10.1. The van der Waals surface area contributed by atoms with Crippen molar-refractivity contribution in [2.45, 2.75) is 37.2 Å². The molecule has 3 N–H and O–H groups in total. The van der Waals surface area contributed by atoms with Crippen molar-refractivity contribution in [3.05, 3.63) is 52.2 Å². The molecular weight excluding hydrogens is 304 g/mol. The minimum absolute atomic E-state index is 0.104. The number of nitrogens with two attached hydrogens (primary N) is 1. The van der Waals surface area contributed by atoms with Gasteiger partial charge in [0.1, 0.15) is 0 Å². The first-order chi connectivity index (χ1) is 9.88. The van der Waals surface area contributed by atoms with Crippen LogP contribution < -0.4 is 10.5 Å². The van der Waals surface area contributed by atoms with E-state index in [-0.39, 0.29) is 17.0 Å². The second-order valence-corrected chi connectivity index (χ2v) is 7.91. The molecule has 114 valence electrons. The maximum atomic E-state index is 12.3. The van der Waals surface area contributed by atoms with Gasteiger partial charge in [-0.15, -0.1) is 11.3 Å². The molecule has 0 spiro atoms. The number of nitrogens with one attached hydrogen (secondary N) is 1. The van der Waals surface area contributed by atoms with Crippen LogP contribution in [0.4, 0.5) is 0 Å². The second kappa shape index (κ2) is 6.70. The summed E-state index contributed by atoms with van der Waals surface area (Å²) in [5, 5.41) is 1.99. The predicted octanol–water partition coefficient (Wildman–Crippen LogP) is 2.68. The number of benzene rings is 1. The molecule has 0 saturated carbocycles. The molecule has 0 aliphatic carbocycles. The van der Waals surface area contributed by atoms with Crippen LogP contribution in [0.15, 0.2) is 46.7 Å². The van der Waals surface area contributed by atoms with Crippen LogP contribution in [-0.2, 0) is 16.4 Å². The minimum Gasteiger partial charge on any atom is -0.324 e. The number of hydrogen-bond donors (Lipinski definition) is 2. The number of hydrogen-bond acceptors (Lipinski definition) is 4. The summed E-state index contributed by atoms with van der Waals surface area (Å²) in [6.07, 6.45) is 0.689. The highest BCUT2D eigenvalue weighted by atomic mass is 32.2. The Morgan fingerprint density at radius 1 is 1.19 bits per heavy atom. The van der Waals surface area contributed by atoms with E-state index in [9.17, 15) is 8.42 Å². The Bertz CT molecular complexity index is 662. The molecule has 1 heterocycles. The summed E-state index contributed by atoms with van der Waals surface area (Å²) in [6, 6.07) is 10.4. The second-order valence-electron chi connectivity index (χ2n) is 5.16. The maximum Gasteiger partial charge on any atom is 0.240 e. The van der Waals surface area contributed by atoms with E-state index in [1.54, 1.807) is 35.6 Å². The standard InChI is InChI=1S/C15H20N2O2S2/c1-11(10-14-4-3-9-20-14)17-21(18,19)15-7-5-13(6-8-15)12(2)16/h3-9,11-12,17H,10,16H2,1-2H3. The number of sulfonamides is 1. The quantitative estimate of drug-likeness (QED) is 0.858. The molecule has 0 aliphatic heterocycles. The van der Waals surface area contributed by atoms with Crippen molar-refractivity contribution in [3.63, 3.8) is 0 Å². The smallest absolute Gasteiger partial charge is 0.240 e. The van der Waals surface area contributed by atoms with Crippen LogP contribution >= 0.6 is 11.3 Å². The zero-order valence-corrected chi connectivity index (χ0v) is 13.7. The molecule has 2 rings (SSSR count). The molecule has 2 aromatic rings. The van der Waals surface area contributed by atoms with Crippen LogP contribution in [0.1, 0.15) is 30.3 Å². The van der Waals surface area contributed by atoms with E-state index >= 15 is 0 Å². The van der Waals surface area contributed by atoms with Crippen LogP contribution in [0, 0.1) is 0 Å². The van der Waals surface area contributed by atoms with E-state index in [0.717, 1.165) is 10.4 Å². The van der Waals surface area contributed by atoms with Crippen LogP contribution in [-0.4, -0.2) is 14.5 Å². The van der Waals surface area contributed by atoms with Crippen molar-refractivity contribution in [1.29, 1.82) is 0 Å². The molecule has 6 heteroatoms. The summed E-state index contributed by atoms with van der Waals surface area (Å²) < 4.78 is 27.3. The van der Waals surface area contributed by atoms with E-state index in [0.29, 0.717) is 6.42 Å². The summed E-state index contributed by atoms with van der Waals surface area (Å²) in [5.41, 5.74) is 6.68. The van der Waals surface area contributed by atoms with Crippen molar-refractivity contribution in [2.24, 2.45) is 5.73 Å². The van der Waals surface area contributed by atoms with E-state index < -0.39 is 10.0 Å². The van der Waals surface area contributed by atoms with E-state index in [1.165, 1.54) is 0 Å².